The number of carbonyl (C=O) groups is 1. The number of anilines is 1. The minimum atomic E-state index is -0.220. The van der Waals surface area contributed by atoms with Crippen molar-refractivity contribution < 1.29 is 4.79 Å². The number of benzene rings is 1. The summed E-state index contributed by atoms with van der Waals surface area (Å²) in [5.74, 6) is -0.220. The number of rotatable bonds is 4. The predicted octanol–water partition coefficient (Wildman–Crippen LogP) is 3.20. The van der Waals surface area contributed by atoms with Crippen LogP contribution in [0.4, 0.5) is 5.69 Å². The Labute approximate surface area is 155 Å². The molecular formula is C16H21BrClN5O. The molecule has 1 aromatic carbocycles. The molecule has 0 unspecified atom stereocenters. The molecule has 3 rings (SSSR count). The Hall–Kier alpha value is -1.44. The summed E-state index contributed by atoms with van der Waals surface area (Å²) in [5, 5.41) is 14.4. The van der Waals surface area contributed by atoms with Gasteiger partial charge in [0.15, 0.2) is 5.69 Å². The average molecular weight is 415 g/mol. The van der Waals surface area contributed by atoms with Gasteiger partial charge in [0.25, 0.3) is 5.91 Å². The van der Waals surface area contributed by atoms with Crippen molar-refractivity contribution in [2.45, 2.75) is 32.2 Å². The molecule has 130 valence electrons. The summed E-state index contributed by atoms with van der Waals surface area (Å²) >= 11 is 3.45. The second-order valence-corrected chi connectivity index (χ2v) is 6.59. The quantitative estimate of drug-likeness (QED) is 0.806. The van der Waals surface area contributed by atoms with Gasteiger partial charge in [0.1, 0.15) is 0 Å². The second kappa shape index (κ2) is 8.60. The lowest BCUT2D eigenvalue weighted by molar-refractivity contribution is 0.102. The fourth-order valence-corrected chi connectivity index (χ4v) is 3.20. The topological polar surface area (TPSA) is 71.8 Å². The Morgan fingerprint density at radius 1 is 1.42 bits per heavy atom. The van der Waals surface area contributed by atoms with Gasteiger partial charge in [-0.2, -0.15) is 0 Å². The van der Waals surface area contributed by atoms with E-state index in [1.807, 2.05) is 22.9 Å². The molecular weight excluding hydrogens is 394 g/mol. The van der Waals surface area contributed by atoms with E-state index in [4.69, 9.17) is 0 Å². The van der Waals surface area contributed by atoms with Crippen LogP contribution < -0.4 is 10.6 Å². The fourth-order valence-electron chi connectivity index (χ4n) is 2.79. The van der Waals surface area contributed by atoms with Gasteiger partial charge >= 0.3 is 0 Å². The van der Waals surface area contributed by atoms with Gasteiger partial charge in [0.05, 0.1) is 12.2 Å². The molecule has 1 amide bonds. The van der Waals surface area contributed by atoms with E-state index in [0.29, 0.717) is 11.7 Å². The summed E-state index contributed by atoms with van der Waals surface area (Å²) in [6.45, 7) is 4.01. The van der Waals surface area contributed by atoms with Crippen LogP contribution in [0.3, 0.4) is 0 Å². The summed E-state index contributed by atoms with van der Waals surface area (Å²) in [5.41, 5.74) is 2.25. The van der Waals surface area contributed by atoms with Gasteiger partial charge in [-0.15, -0.1) is 17.5 Å². The summed E-state index contributed by atoms with van der Waals surface area (Å²) in [7, 11) is 0. The predicted molar refractivity (Wildman–Crippen MR) is 99.9 cm³/mol. The van der Waals surface area contributed by atoms with Crippen LogP contribution in [-0.2, 0) is 6.42 Å². The van der Waals surface area contributed by atoms with E-state index in [-0.39, 0.29) is 18.3 Å². The monoisotopic (exact) mass is 413 g/mol. The molecule has 1 saturated heterocycles. The van der Waals surface area contributed by atoms with Gasteiger partial charge in [-0.3, -0.25) is 4.79 Å². The molecule has 0 aliphatic carbocycles. The average Bonchev–Trinajstić information content (AvgIpc) is 3.07. The van der Waals surface area contributed by atoms with Crippen molar-refractivity contribution in [1.82, 2.24) is 20.3 Å². The largest absolute Gasteiger partial charge is 0.320 e. The molecule has 8 heteroatoms. The highest BCUT2D eigenvalue weighted by molar-refractivity contribution is 9.10. The van der Waals surface area contributed by atoms with Crippen molar-refractivity contribution in [2.24, 2.45) is 0 Å². The van der Waals surface area contributed by atoms with Crippen molar-refractivity contribution in [3.63, 3.8) is 0 Å². The van der Waals surface area contributed by atoms with Gasteiger partial charge in [-0.05, 0) is 56.1 Å². The third kappa shape index (κ3) is 4.34. The Morgan fingerprint density at radius 2 is 2.17 bits per heavy atom. The van der Waals surface area contributed by atoms with Crippen LogP contribution in [-0.4, -0.2) is 34.0 Å². The highest BCUT2D eigenvalue weighted by Crippen LogP contribution is 2.22. The number of hydrogen-bond donors (Lipinski definition) is 2. The van der Waals surface area contributed by atoms with Crippen molar-refractivity contribution >= 4 is 39.9 Å². The Bertz CT molecular complexity index is 700. The van der Waals surface area contributed by atoms with E-state index >= 15 is 0 Å². The zero-order chi connectivity index (χ0) is 16.2. The van der Waals surface area contributed by atoms with Crippen molar-refractivity contribution in [1.29, 1.82) is 0 Å². The first-order valence-corrected chi connectivity index (χ1v) is 8.69. The lowest BCUT2D eigenvalue weighted by Crippen LogP contribution is -2.29. The van der Waals surface area contributed by atoms with Gasteiger partial charge < -0.3 is 10.6 Å². The van der Waals surface area contributed by atoms with Crippen molar-refractivity contribution in [3.05, 3.63) is 40.1 Å². The number of nitrogens with zero attached hydrogens (tertiary/aromatic N) is 3. The summed E-state index contributed by atoms with van der Waals surface area (Å²) in [4.78, 5) is 12.4. The first-order chi connectivity index (χ1) is 11.2. The second-order valence-electron chi connectivity index (χ2n) is 5.67. The lowest BCUT2D eigenvalue weighted by Gasteiger charge is -2.22. The number of halogens is 2. The molecule has 0 spiro atoms. The highest BCUT2D eigenvalue weighted by Gasteiger charge is 2.19. The zero-order valence-corrected chi connectivity index (χ0v) is 15.9. The first kappa shape index (κ1) is 18.9. The first-order valence-electron chi connectivity index (χ1n) is 7.89. The minimum absolute atomic E-state index is 0. The number of hydrogen-bond acceptors (Lipinski definition) is 4. The highest BCUT2D eigenvalue weighted by atomic mass is 79.9. The molecule has 1 aliphatic rings. The van der Waals surface area contributed by atoms with Crippen LogP contribution in [0.25, 0.3) is 0 Å². The Kier molecular flexibility index (Phi) is 6.77. The SMILES string of the molecule is CCc1cc(Br)ccc1NC(=O)c1cn(C2CCNCC2)nn1.Cl. The lowest BCUT2D eigenvalue weighted by atomic mass is 10.1. The molecule has 2 heterocycles. The van der Waals surface area contributed by atoms with E-state index in [9.17, 15) is 4.79 Å². The maximum Gasteiger partial charge on any atom is 0.277 e. The number of nitrogens with one attached hydrogen (secondary N) is 2. The third-order valence-corrected chi connectivity index (χ3v) is 4.62. The van der Waals surface area contributed by atoms with E-state index < -0.39 is 0 Å². The maximum absolute atomic E-state index is 12.4. The van der Waals surface area contributed by atoms with Crippen molar-refractivity contribution in [2.75, 3.05) is 18.4 Å². The molecule has 0 saturated carbocycles. The van der Waals surface area contributed by atoms with E-state index in [1.165, 1.54) is 0 Å². The van der Waals surface area contributed by atoms with Gasteiger partial charge in [-0.25, -0.2) is 4.68 Å². The number of aromatic nitrogens is 3. The van der Waals surface area contributed by atoms with E-state index in [2.05, 4.69) is 43.8 Å². The number of amides is 1. The van der Waals surface area contributed by atoms with Crippen LogP contribution in [0.15, 0.2) is 28.9 Å². The molecule has 1 fully saturated rings. The molecule has 2 N–H and O–H groups in total. The minimum Gasteiger partial charge on any atom is -0.320 e. The van der Waals surface area contributed by atoms with Crippen molar-refractivity contribution in [3.8, 4) is 0 Å². The van der Waals surface area contributed by atoms with Crippen LogP contribution in [0, 0.1) is 0 Å². The van der Waals surface area contributed by atoms with E-state index in [0.717, 1.165) is 48.1 Å². The molecule has 0 atom stereocenters. The molecule has 2 aromatic rings. The summed E-state index contributed by atoms with van der Waals surface area (Å²) in [6.07, 6.45) is 4.61. The molecule has 0 bridgehead atoms. The zero-order valence-electron chi connectivity index (χ0n) is 13.5. The Morgan fingerprint density at radius 3 is 2.88 bits per heavy atom. The number of carbonyl (C=O) groups excluding carboxylic acids is 1. The van der Waals surface area contributed by atoms with Crippen LogP contribution in [0.1, 0.15) is 41.9 Å². The Balaban J connectivity index is 0.00000208. The van der Waals surface area contributed by atoms with E-state index in [1.54, 1.807) is 6.20 Å². The molecule has 1 aliphatic heterocycles. The molecule has 1 aromatic heterocycles. The normalized spacial score (nSPS) is 14.9. The van der Waals surface area contributed by atoms with Crippen LogP contribution in [0.2, 0.25) is 0 Å². The summed E-state index contributed by atoms with van der Waals surface area (Å²) in [6, 6.07) is 6.16. The van der Waals surface area contributed by atoms with Gasteiger partial charge in [0, 0.05) is 10.2 Å². The van der Waals surface area contributed by atoms with Gasteiger partial charge in [-0.1, -0.05) is 28.1 Å². The number of aryl methyl sites for hydroxylation is 1. The summed E-state index contributed by atoms with van der Waals surface area (Å²) < 4.78 is 2.82. The fraction of sp³-hybridized carbons (Fsp3) is 0.438. The third-order valence-electron chi connectivity index (χ3n) is 4.12. The molecule has 6 nitrogen and oxygen atoms in total. The van der Waals surface area contributed by atoms with Crippen LogP contribution >= 0.6 is 28.3 Å². The number of piperidine rings is 1. The van der Waals surface area contributed by atoms with Gasteiger partial charge in [0.2, 0.25) is 0 Å². The smallest absolute Gasteiger partial charge is 0.277 e. The molecule has 0 radical (unpaired) electrons. The van der Waals surface area contributed by atoms with Crippen LogP contribution in [0.5, 0.6) is 0 Å². The molecule has 24 heavy (non-hydrogen) atoms. The maximum atomic E-state index is 12.4. The standard InChI is InChI=1S/C16H20BrN5O.ClH/c1-2-11-9-12(17)3-4-14(11)19-16(23)15-10-22(21-20-15)13-5-7-18-8-6-13;/h3-4,9-10,13,18H,2,5-8H2,1H3,(H,19,23);1H.